The van der Waals surface area contributed by atoms with Crippen molar-refractivity contribution in [2.45, 2.75) is 6.18 Å². The molecule has 3 aromatic carbocycles. The highest BCUT2D eigenvalue weighted by Crippen LogP contribution is 2.38. The minimum Gasteiger partial charge on any atom is -0.495 e. The molecule has 3 nitrogen and oxygen atoms in total. The normalized spacial score (nSPS) is 11.5. The first-order valence-electron chi connectivity index (χ1n) is 7.65. The van der Waals surface area contributed by atoms with Gasteiger partial charge in [0.15, 0.2) is 0 Å². The molecule has 0 spiro atoms. The monoisotopic (exact) mass is 457 g/mol. The van der Waals surface area contributed by atoms with Gasteiger partial charge < -0.3 is 10.1 Å². The second-order valence-electron chi connectivity index (χ2n) is 5.64. The summed E-state index contributed by atoms with van der Waals surface area (Å²) in [4.78, 5) is 12.7. The molecule has 0 bridgehead atoms. The molecule has 0 atom stereocenters. The van der Waals surface area contributed by atoms with Crippen LogP contribution in [0.5, 0.6) is 5.75 Å². The van der Waals surface area contributed by atoms with Gasteiger partial charge in [-0.25, -0.2) is 0 Å². The van der Waals surface area contributed by atoms with Gasteiger partial charge >= 0.3 is 6.18 Å². The molecule has 3 aromatic rings. The topological polar surface area (TPSA) is 38.3 Å². The van der Waals surface area contributed by atoms with E-state index in [1.165, 1.54) is 7.11 Å². The summed E-state index contributed by atoms with van der Waals surface area (Å²) < 4.78 is 44.2. The molecule has 0 aromatic heterocycles. The first-order valence-corrected chi connectivity index (χ1v) is 8.83. The quantitative estimate of drug-likeness (QED) is 0.484. The number of alkyl halides is 3. The zero-order valence-corrected chi connectivity index (χ0v) is 16.2. The SMILES string of the molecule is COc1c(C(=O)Nc2ccc(C(F)(F)F)cc2Cl)cc2ccccc2c1Br. The van der Waals surface area contributed by atoms with E-state index in [1.807, 2.05) is 24.3 Å². The Kier molecular flexibility index (Phi) is 5.35. The molecule has 8 heteroatoms. The number of fused-ring (bicyclic) bond motifs is 1. The highest BCUT2D eigenvalue weighted by atomic mass is 79.9. The summed E-state index contributed by atoms with van der Waals surface area (Å²) in [5, 5.41) is 3.98. The van der Waals surface area contributed by atoms with Crippen molar-refractivity contribution < 1.29 is 22.7 Å². The zero-order valence-electron chi connectivity index (χ0n) is 13.8. The number of nitrogens with one attached hydrogen (secondary N) is 1. The van der Waals surface area contributed by atoms with Crippen molar-refractivity contribution in [1.29, 1.82) is 0 Å². The molecule has 0 radical (unpaired) electrons. The Labute approximate surface area is 166 Å². The predicted octanol–water partition coefficient (Wildman–Crippen LogP) is 6.54. The van der Waals surface area contributed by atoms with Crippen LogP contribution in [0.15, 0.2) is 53.0 Å². The van der Waals surface area contributed by atoms with Crippen molar-refractivity contribution in [3.63, 3.8) is 0 Å². The number of anilines is 1. The van der Waals surface area contributed by atoms with Gasteiger partial charge in [-0.1, -0.05) is 35.9 Å². The highest BCUT2D eigenvalue weighted by molar-refractivity contribution is 9.10. The van der Waals surface area contributed by atoms with Gasteiger partial charge in [0.25, 0.3) is 5.91 Å². The summed E-state index contributed by atoms with van der Waals surface area (Å²) in [6, 6.07) is 11.8. The van der Waals surface area contributed by atoms with Crippen LogP contribution in [0.3, 0.4) is 0 Å². The van der Waals surface area contributed by atoms with Crippen LogP contribution in [-0.4, -0.2) is 13.0 Å². The van der Waals surface area contributed by atoms with E-state index in [4.69, 9.17) is 16.3 Å². The maximum atomic E-state index is 12.8. The predicted molar refractivity (Wildman–Crippen MR) is 103 cm³/mol. The van der Waals surface area contributed by atoms with E-state index >= 15 is 0 Å². The number of carbonyl (C=O) groups excluding carboxylic acids is 1. The Balaban J connectivity index is 2.00. The second kappa shape index (κ2) is 7.40. The van der Waals surface area contributed by atoms with Crippen LogP contribution < -0.4 is 10.1 Å². The fourth-order valence-electron chi connectivity index (χ4n) is 2.64. The molecule has 0 aliphatic carbocycles. The molecule has 140 valence electrons. The lowest BCUT2D eigenvalue weighted by atomic mass is 10.0. The van der Waals surface area contributed by atoms with E-state index in [1.54, 1.807) is 6.07 Å². The van der Waals surface area contributed by atoms with E-state index in [2.05, 4.69) is 21.2 Å². The summed E-state index contributed by atoms with van der Waals surface area (Å²) in [6.45, 7) is 0. The molecule has 3 rings (SSSR count). The summed E-state index contributed by atoms with van der Waals surface area (Å²) >= 11 is 9.35. The average molecular weight is 459 g/mol. The van der Waals surface area contributed by atoms with Crippen LogP contribution in [0.4, 0.5) is 18.9 Å². The fourth-order valence-corrected chi connectivity index (χ4v) is 3.60. The van der Waals surface area contributed by atoms with Gasteiger partial charge in [-0.3, -0.25) is 4.79 Å². The van der Waals surface area contributed by atoms with Gasteiger partial charge in [-0.05, 0) is 51.0 Å². The maximum absolute atomic E-state index is 12.8. The van der Waals surface area contributed by atoms with Crippen molar-refractivity contribution in [1.82, 2.24) is 0 Å². The minimum absolute atomic E-state index is 0.0704. The summed E-state index contributed by atoms with van der Waals surface area (Å²) in [7, 11) is 1.43. The van der Waals surface area contributed by atoms with Crippen LogP contribution in [0.2, 0.25) is 5.02 Å². The number of rotatable bonds is 3. The molecule has 1 N–H and O–H groups in total. The Morgan fingerprint density at radius 2 is 1.85 bits per heavy atom. The first-order chi connectivity index (χ1) is 12.7. The van der Waals surface area contributed by atoms with Crippen molar-refractivity contribution in [2.24, 2.45) is 0 Å². The molecular formula is C19H12BrClF3NO2. The number of methoxy groups -OCH3 is 1. The minimum atomic E-state index is -4.52. The molecule has 27 heavy (non-hydrogen) atoms. The van der Waals surface area contributed by atoms with E-state index < -0.39 is 17.6 Å². The molecule has 0 saturated carbocycles. The summed E-state index contributed by atoms with van der Waals surface area (Å²) in [5.74, 6) is -0.241. The molecule has 0 aliphatic rings. The van der Waals surface area contributed by atoms with E-state index in [-0.39, 0.29) is 16.3 Å². The molecule has 1 amide bonds. The third kappa shape index (κ3) is 3.89. The maximum Gasteiger partial charge on any atom is 0.416 e. The number of halogens is 5. The third-order valence-corrected chi connectivity index (χ3v) is 5.03. The fraction of sp³-hybridized carbons (Fsp3) is 0.105. The van der Waals surface area contributed by atoms with Crippen molar-refractivity contribution in [3.8, 4) is 5.75 Å². The Bertz CT molecular complexity index is 1040. The van der Waals surface area contributed by atoms with Crippen LogP contribution in [0.25, 0.3) is 10.8 Å². The lowest BCUT2D eigenvalue weighted by Crippen LogP contribution is -2.14. The van der Waals surface area contributed by atoms with Crippen molar-refractivity contribution in [3.05, 3.63) is 69.2 Å². The van der Waals surface area contributed by atoms with E-state index in [9.17, 15) is 18.0 Å². The largest absolute Gasteiger partial charge is 0.495 e. The van der Waals surface area contributed by atoms with Crippen molar-refractivity contribution in [2.75, 3.05) is 12.4 Å². The molecule has 0 heterocycles. The molecule has 0 unspecified atom stereocenters. The van der Waals surface area contributed by atoms with Gasteiger partial charge in [0.1, 0.15) is 5.75 Å². The Morgan fingerprint density at radius 3 is 2.48 bits per heavy atom. The van der Waals surface area contributed by atoms with Crippen LogP contribution in [0, 0.1) is 0 Å². The van der Waals surface area contributed by atoms with Gasteiger partial charge in [-0.2, -0.15) is 13.2 Å². The molecular weight excluding hydrogens is 447 g/mol. The van der Waals surface area contributed by atoms with Crippen LogP contribution in [0.1, 0.15) is 15.9 Å². The molecule has 0 aliphatic heterocycles. The zero-order chi connectivity index (χ0) is 19.8. The number of ether oxygens (including phenoxy) is 1. The summed E-state index contributed by atoms with van der Waals surface area (Å²) in [5.41, 5.74) is -0.600. The summed E-state index contributed by atoms with van der Waals surface area (Å²) in [6.07, 6.45) is -4.52. The lowest BCUT2D eigenvalue weighted by Gasteiger charge is -2.15. The van der Waals surface area contributed by atoms with Gasteiger partial charge in [0.2, 0.25) is 0 Å². The number of hydrogen-bond acceptors (Lipinski definition) is 2. The Morgan fingerprint density at radius 1 is 1.15 bits per heavy atom. The lowest BCUT2D eigenvalue weighted by molar-refractivity contribution is -0.137. The van der Waals surface area contributed by atoms with Gasteiger partial charge in [0.05, 0.1) is 33.4 Å². The second-order valence-corrected chi connectivity index (χ2v) is 6.84. The number of carbonyl (C=O) groups is 1. The van der Waals surface area contributed by atoms with Crippen LogP contribution in [-0.2, 0) is 6.18 Å². The smallest absolute Gasteiger partial charge is 0.416 e. The van der Waals surface area contributed by atoms with Crippen LogP contribution >= 0.6 is 27.5 Å². The first kappa shape index (κ1) is 19.5. The third-order valence-electron chi connectivity index (χ3n) is 3.93. The van der Waals surface area contributed by atoms with E-state index in [0.29, 0.717) is 10.2 Å². The Hall–Kier alpha value is -2.25. The molecule has 0 fully saturated rings. The highest BCUT2D eigenvalue weighted by Gasteiger charge is 2.31. The van der Waals surface area contributed by atoms with E-state index in [0.717, 1.165) is 29.0 Å². The number of amides is 1. The molecule has 0 saturated heterocycles. The number of benzene rings is 3. The standard InChI is InChI=1S/C19H12BrClF3NO2/c1-27-17-13(8-10-4-2-3-5-12(10)16(17)20)18(26)25-15-7-6-11(9-14(15)21)19(22,23)24/h2-9H,1H3,(H,25,26). The number of hydrogen-bond donors (Lipinski definition) is 1. The average Bonchev–Trinajstić information content (AvgIpc) is 2.62. The van der Waals surface area contributed by atoms with Crippen molar-refractivity contribution >= 4 is 49.9 Å². The van der Waals surface area contributed by atoms with Gasteiger partial charge in [-0.15, -0.1) is 0 Å². The van der Waals surface area contributed by atoms with Gasteiger partial charge in [0, 0.05) is 0 Å².